The number of amides is 2. The molecule has 208 valence electrons. The highest BCUT2D eigenvalue weighted by atomic mass is 79.9. The van der Waals surface area contributed by atoms with Crippen LogP contribution in [0.5, 0.6) is 0 Å². The molecular weight excluding hydrogens is 585 g/mol. The summed E-state index contributed by atoms with van der Waals surface area (Å²) in [5, 5.41) is 2.94. The molecule has 0 aromatic heterocycles. The molecule has 0 unspecified atom stereocenters. The molecular formula is C29H33BrFN3O4S. The number of rotatable bonds is 13. The molecule has 0 radical (unpaired) electrons. The van der Waals surface area contributed by atoms with Crippen molar-refractivity contribution in [3.8, 4) is 0 Å². The Balaban J connectivity index is 2.03. The van der Waals surface area contributed by atoms with Crippen molar-refractivity contribution in [3.63, 3.8) is 0 Å². The van der Waals surface area contributed by atoms with Crippen LogP contribution in [-0.4, -0.2) is 50.5 Å². The van der Waals surface area contributed by atoms with Crippen LogP contribution in [0.3, 0.4) is 0 Å². The van der Waals surface area contributed by atoms with Crippen LogP contribution in [0.25, 0.3) is 0 Å². The predicted octanol–water partition coefficient (Wildman–Crippen LogP) is 4.91. The third-order valence-corrected chi connectivity index (χ3v) is 7.75. The highest BCUT2D eigenvalue weighted by molar-refractivity contribution is 9.10. The second kappa shape index (κ2) is 14.2. The predicted molar refractivity (Wildman–Crippen MR) is 155 cm³/mol. The van der Waals surface area contributed by atoms with Crippen molar-refractivity contribution in [2.75, 3.05) is 23.7 Å². The molecule has 0 aliphatic rings. The largest absolute Gasteiger partial charge is 0.354 e. The van der Waals surface area contributed by atoms with Gasteiger partial charge in [0.05, 0.1) is 11.9 Å². The van der Waals surface area contributed by atoms with Gasteiger partial charge in [-0.25, -0.2) is 12.8 Å². The van der Waals surface area contributed by atoms with Gasteiger partial charge in [-0.1, -0.05) is 77.8 Å². The third-order valence-electron chi connectivity index (χ3n) is 6.12. The Hall–Kier alpha value is -3.24. The summed E-state index contributed by atoms with van der Waals surface area (Å²) < 4.78 is 41.1. The van der Waals surface area contributed by atoms with E-state index in [-0.39, 0.29) is 24.6 Å². The van der Waals surface area contributed by atoms with Crippen molar-refractivity contribution in [1.82, 2.24) is 10.2 Å². The van der Waals surface area contributed by atoms with E-state index in [2.05, 4.69) is 21.2 Å². The van der Waals surface area contributed by atoms with Gasteiger partial charge < -0.3 is 10.2 Å². The van der Waals surface area contributed by atoms with Gasteiger partial charge in [0.2, 0.25) is 21.8 Å². The van der Waals surface area contributed by atoms with Crippen molar-refractivity contribution in [2.24, 2.45) is 0 Å². The zero-order valence-electron chi connectivity index (χ0n) is 22.0. The Bertz CT molecular complexity index is 1370. The quantitative estimate of drug-likeness (QED) is 0.276. The fourth-order valence-corrected chi connectivity index (χ4v) is 5.43. The SMILES string of the molecule is CCCCNC(=O)[C@@H](Cc1ccccc1)N(Cc1cccc(Br)c1)C(=O)CN(c1cccc(F)c1)S(C)(=O)=O. The first-order valence-corrected chi connectivity index (χ1v) is 15.3. The van der Waals surface area contributed by atoms with Crippen LogP contribution in [0.1, 0.15) is 30.9 Å². The van der Waals surface area contributed by atoms with E-state index in [1.165, 1.54) is 23.1 Å². The van der Waals surface area contributed by atoms with Crippen LogP contribution in [0.15, 0.2) is 83.3 Å². The topological polar surface area (TPSA) is 86.8 Å². The molecule has 0 fully saturated rings. The van der Waals surface area contributed by atoms with E-state index < -0.39 is 34.3 Å². The standard InChI is InChI=1S/C29H33BrFN3O4S/c1-3-4-16-32-29(36)27(18-22-10-6-5-7-11-22)33(20-23-12-8-13-24(30)17-23)28(35)21-34(39(2,37)38)26-15-9-14-25(31)19-26/h5-15,17,19,27H,3-4,16,18,20-21H2,1-2H3,(H,32,36)/t27-/m1/s1. The zero-order valence-corrected chi connectivity index (χ0v) is 24.4. The Morgan fingerprint density at radius 2 is 1.67 bits per heavy atom. The summed E-state index contributed by atoms with van der Waals surface area (Å²) in [5.41, 5.74) is 1.64. The van der Waals surface area contributed by atoms with Gasteiger partial charge in [0.25, 0.3) is 0 Å². The summed E-state index contributed by atoms with van der Waals surface area (Å²) in [6, 6.07) is 20.8. The van der Waals surface area contributed by atoms with Gasteiger partial charge in [-0.15, -0.1) is 0 Å². The van der Waals surface area contributed by atoms with Gasteiger partial charge in [0.15, 0.2) is 0 Å². The van der Waals surface area contributed by atoms with Gasteiger partial charge in [0.1, 0.15) is 18.4 Å². The molecule has 1 N–H and O–H groups in total. The van der Waals surface area contributed by atoms with Crippen LogP contribution in [0, 0.1) is 5.82 Å². The highest BCUT2D eigenvalue weighted by Gasteiger charge is 2.33. The van der Waals surface area contributed by atoms with E-state index in [4.69, 9.17) is 0 Å². The van der Waals surface area contributed by atoms with Crippen LogP contribution in [0.4, 0.5) is 10.1 Å². The molecule has 0 aliphatic heterocycles. The Labute approximate surface area is 238 Å². The van der Waals surface area contributed by atoms with Crippen molar-refractivity contribution in [2.45, 2.75) is 38.8 Å². The van der Waals surface area contributed by atoms with E-state index in [1.54, 1.807) is 0 Å². The number of unbranched alkanes of at least 4 members (excludes halogenated alkanes) is 1. The molecule has 0 aliphatic carbocycles. The van der Waals surface area contributed by atoms with Crippen LogP contribution in [0.2, 0.25) is 0 Å². The number of sulfonamides is 1. The summed E-state index contributed by atoms with van der Waals surface area (Å²) >= 11 is 3.45. The molecule has 0 saturated carbocycles. The minimum atomic E-state index is -3.95. The molecule has 7 nitrogen and oxygen atoms in total. The number of hydrogen-bond acceptors (Lipinski definition) is 4. The van der Waals surface area contributed by atoms with E-state index in [0.717, 1.165) is 45.1 Å². The number of benzene rings is 3. The number of halogens is 2. The summed E-state index contributed by atoms with van der Waals surface area (Å²) in [4.78, 5) is 28.9. The number of carbonyl (C=O) groups is 2. The van der Waals surface area contributed by atoms with Crippen molar-refractivity contribution < 1.29 is 22.4 Å². The summed E-state index contributed by atoms with van der Waals surface area (Å²) in [6.07, 6.45) is 2.87. The fourth-order valence-electron chi connectivity index (χ4n) is 4.14. The first kappa shape index (κ1) is 30.3. The van der Waals surface area contributed by atoms with E-state index in [1.807, 2.05) is 61.5 Å². The highest BCUT2D eigenvalue weighted by Crippen LogP contribution is 2.22. The molecule has 10 heteroatoms. The molecule has 1 atom stereocenters. The monoisotopic (exact) mass is 617 g/mol. The van der Waals surface area contributed by atoms with Crippen molar-refractivity contribution in [1.29, 1.82) is 0 Å². The normalized spacial score (nSPS) is 12.0. The maximum atomic E-state index is 14.0. The summed E-state index contributed by atoms with van der Waals surface area (Å²) in [7, 11) is -3.95. The molecule has 2 amide bonds. The second-order valence-electron chi connectivity index (χ2n) is 9.25. The van der Waals surface area contributed by atoms with Gasteiger partial charge in [-0.2, -0.15) is 0 Å². The van der Waals surface area contributed by atoms with Crippen molar-refractivity contribution in [3.05, 3.63) is 100 Å². The Morgan fingerprint density at radius 3 is 2.31 bits per heavy atom. The number of nitrogens with one attached hydrogen (secondary N) is 1. The molecule has 3 aromatic rings. The summed E-state index contributed by atoms with van der Waals surface area (Å²) in [6.45, 7) is 1.95. The second-order valence-corrected chi connectivity index (χ2v) is 12.1. The molecule has 3 rings (SSSR count). The zero-order chi connectivity index (χ0) is 28.4. The lowest BCUT2D eigenvalue weighted by molar-refractivity contribution is -0.140. The van der Waals surface area contributed by atoms with Crippen LogP contribution < -0.4 is 9.62 Å². The van der Waals surface area contributed by atoms with Gasteiger partial charge in [0, 0.05) is 24.0 Å². The lowest BCUT2D eigenvalue weighted by Gasteiger charge is -2.33. The smallest absolute Gasteiger partial charge is 0.244 e. The minimum absolute atomic E-state index is 0.0280. The Kier molecular flexibility index (Phi) is 11.1. The first-order valence-electron chi connectivity index (χ1n) is 12.7. The van der Waals surface area contributed by atoms with Crippen LogP contribution >= 0.6 is 15.9 Å². The molecule has 0 heterocycles. The lowest BCUT2D eigenvalue weighted by atomic mass is 10.0. The van der Waals surface area contributed by atoms with E-state index >= 15 is 0 Å². The number of nitrogens with zero attached hydrogens (tertiary/aromatic N) is 2. The number of carbonyl (C=O) groups excluding carboxylic acids is 2. The van der Waals surface area contributed by atoms with E-state index in [9.17, 15) is 22.4 Å². The molecule has 0 spiro atoms. The fraction of sp³-hybridized carbons (Fsp3) is 0.310. The van der Waals surface area contributed by atoms with Gasteiger partial charge in [-0.05, 0) is 47.9 Å². The molecule has 0 saturated heterocycles. The number of hydrogen-bond donors (Lipinski definition) is 1. The maximum Gasteiger partial charge on any atom is 0.244 e. The van der Waals surface area contributed by atoms with Crippen molar-refractivity contribution >= 4 is 43.5 Å². The molecule has 39 heavy (non-hydrogen) atoms. The first-order chi connectivity index (χ1) is 18.6. The molecule has 0 bridgehead atoms. The lowest BCUT2D eigenvalue weighted by Crippen LogP contribution is -2.53. The maximum absolute atomic E-state index is 14.0. The average Bonchev–Trinajstić information content (AvgIpc) is 2.89. The van der Waals surface area contributed by atoms with E-state index in [0.29, 0.717) is 6.54 Å². The molecule has 3 aromatic carbocycles. The summed E-state index contributed by atoms with van der Waals surface area (Å²) in [5.74, 6) is -1.54. The number of anilines is 1. The minimum Gasteiger partial charge on any atom is -0.354 e. The third kappa shape index (κ3) is 9.18. The average molecular weight is 619 g/mol. The van der Waals surface area contributed by atoms with Gasteiger partial charge >= 0.3 is 0 Å². The van der Waals surface area contributed by atoms with Gasteiger partial charge in [-0.3, -0.25) is 13.9 Å². The van der Waals surface area contributed by atoms with Crippen LogP contribution in [-0.2, 0) is 32.6 Å². The Morgan fingerprint density at radius 1 is 0.974 bits per heavy atom.